The third kappa shape index (κ3) is 6.08. The Balaban J connectivity index is 1.87. The first-order chi connectivity index (χ1) is 12.4. The van der Waals surface area contributed by atoms with Gasteiger partial charge in [0.2, 0.25) is 17.7 Å². The lowest BCUT2D eigenvalue weighted by atomic mass is 10.1. The highest BCUT2D eigenvalue weighted by Gasteiger charge is 2.27. The number of thioether (sulfide) groups is 1. The summed E-state index contributed by atoms with van der Waals surface area (Å²) < 4.78 is 5.18. The smallest absolute Gasteiger partial charge is 0.234 e. The Kier molecular flexibility index (Phi) is 7.55. The first-order valence-electron chi connectivity index (χ1n) is 7.92. The van der Waals surface area contributed by atoms with E-state index in [2.05, 4.69) is 21.3 Å². The van der Waals surface area contributed by atoms with E-state index in [4.69, 9.17) is 16.3 Å². The molecule has 10 heteroatoms. The van der Waals surface area contributed by atoms with Crippen LogP contribution < -0.4 is 26.0 Å². The topological polar surface area (TPSA) is 109 Å². The van der Waals surface area contributed by atoms with E-state index >= 15 is 0 Å². The normalized spacial score (nSPS) is 19.4. The Bertz CT molecular complexity index is 688. The number of hydrogen-bond acceptors (Lipinski definition) is 6. The Labute approximate surface area is 160 Å². The van der Waals surface area contributed by atoms with Gasteiger partial charge in [-0.25, -0.2) is 0 Å². The lowest BCUT2D eigenvalue weighted by Gasteiger charge is -2.30. The second kappa shape index (κ2) is 9.65. The fraction of sp³-hybridized carbons (Fsp3) is 0.438. The number of ether oxygens (including phenoxy) is 1. The van der Waals surface area contributed by atoms with Crippen molar-refractivity contribution in [2.24, 2.45) is 0 Å². The molecule has 2 atom stereocenters. The van der Waals surface area contributed by atoms with Gasteiger partial charge in [0, 0.05) is 31.0 Å². The summed E-state index contributed by atoms with van der Waals surface area (Å²) in [5.41, 5.74) is 0.0293. The molecule has 1 aromatic carbocycles. The van der Waals surface area contributed by atoms with Crippen molar-refractivity contribution in [1.82, 2.24) is 16.0 Å². The summed E-state index contributed by atoms with van der Waals surface area (Å²) in [4.78, 5) is 35.4. The monoisotopic (exact) mass is 400 g/mol. The van der Waals surface area contributed by atoms with Gasteiger partial charge < -0.3 is 20.7 Å². The maximum atomic E-state index is 12.2. The van der Waals surface area contributed by atoms with Crippen LogP contribution in [0.5, 0.6) is 5.75 Å². The number of anilines is 1. The van der Waals surface area contributed by atoms with Crippen LogP contribution in [-0.2, 0) is 14.4 Å². The highest BCUT2D eigenvalue weighted by molar-refractivity contribution is 8.00. The van der Waals surface area contributed by atoms with Gasteiger partial charge in [0.05, 0.1) is 18.6 Å². The van der Waals surface area contributed by atoms with Crippen LogP contribution in [-0.4, -0.2) is 49.2 Å². The third-order valence-corrected chi connectivity index (χ3v) is 4.89. The molecular formula is C16H21ClN4O4S. The van der Waals surface area contributed by atoms with Gasteiger partial charge in [0.1, 0.15) is 11.2 Å². The van der Waals surface area contributed by atoms with Crippen LogP contribution >= 0.6 is 23.4 Å². The maximum Gasteiger partial charge on any atom is 0.234 e. The number of amides is 3. The van der Waals surface area contributed by atoms with E-state index in [1.165, 1.54) is 18.9 Å². The van der Waals surface area contributed by atoms with E-state index in [9.17, 15) is 14.4 Å². The molecule has 2 rings (SSSR count). The lowest BCUT2D eigenvalue weighted by Crippen LogP contribution is -2.55. The fourth-order valence-electron chi connectivity index (χ4n) is 2.41. The number of benzene rings is 1. The molecule has 142 valence electrons. The minimum absolute atomic E-state index is 0.0975. The first kappa shape index (κ1) is 20.3. The lowest BCUT2D eigenvalue weighted by molar-refractivity contribution is -0.125. The molecule has 4 N–H and O–H groups in total. The van der Waals surface area contributed by atoms with Crippen molar-refractivity contribution < 1.29 is 19.1 Å². The van der Waals surface area contributed by atoms with Crippen molar-refractivity contribution in [3.05, 3.63) is 23.2 Å². The van der Waals surface area contributed by atoms with Crippen molar-refractivity contribution in [3.63, 3.8) is 0 Å². The van der Waals surface area contributed by atoms with E-state index < -0.39 is 5.50 Å². The molecule has 0 radical (unpaired) electrons. The molecule has 1 heterocycles. The second-order valence-electron chi connectivity index (χ2n) is 5.60. The molecule has 1 saturated heterocycles. The largest absolute Gasteiger partial charge is 0.495 e. The average Bonchev–Trinajstić information content (AvgIpc) is 2.59. The van der Waals surface area contributed by atoms with Gasteiger partial charge in [-0.2, -0.15) is 0 Å². The number of halogens is 1. The quantitative estimate of drug-likeness (QED) is 0.542. The Morgan fingerprint density at radius 3 is 2.85 bits per heavy atom. The van der Waals surface area contributed by atoms with Crippen molar-refractivity contribution in [2.75, 3.05) is 25.2 Å². The maximum absolute atomic E-state index is 12.2. The van der Waals surface area contributed by atoms with Crippen molar-refractivity contribution >= 4 is 46.8 Å². The summed E-state index contributed by atoms with van der Waals surface area (Å²) in [6, 6.07) is 4.66. The number of rotatable bonds is 7. The van der Waals surface area contributed by atoms with Gasteiger partial charge in [0.25, 0.3) is 0 Å². The molecule has 2 unspecified atom stereocenters. The molecule has 0 aliphatic carbocycles. The first-order valence-corrected chi connectivity index (χ1v) is 9.35. The molecule has 3 amide bonds. The summed E-state index contributed by atoms with van der Waals surface area (Å²) in [6.45, 7) is 0. The van der Waals surface area contributed by atoms with Gasteiger partial charge in [-0.15, -0.1) is 11.8 Å². The molecular weight excluding hydrogens is 380 g/mol. The van der Waals surface area contributed by atoms with Crippen LogP contribution in [0.2, 0.25) is 5.02 Å². The fourth-order valence-corrected chi connectivity index (χ4v) is 3.48. The van der Waals surface area contributed by atoms with Gasteiger partial charge in [-0.1, -0.05) is 11.6 Å². The zero-order valence-corrected chi connectivity index (χ0v) is 16.0. The summed E-state index contributed by atoms with van der Waals surface area (Å²) in [5, 5.41) is 11.6. The molecule has 8 nitrogen and oxygen atoms in total. The SMILES string of the molecule is CNC(=O)CC1CC(=O)NC(SCC(=O)Nc2cc(Cl)ccc2OC)N1. The second-order valence-corrected chi connectivity index (χ2v) is 7.13. The zero-order valence-electron chi connectivity index (χ0n) is 14.4. The number of hydrogen-bond donors (Lipinski definition) is 4. The predicted molar refractivity (Wildman–Crippen MR) is 101 cm³/mol. The molecule has 0 bridgehead atoms. The summed E-state index contributed by atoms with van der Waals surface area (Å²) in [6.07, 6.45) is 0.420. The molecule has 1 aliphatic rings. The summed E-state index contributed by atoms with van der Waals surface area (Å²) in [5.74, 6) is 0.0293. The van der Waals surface area contributed by atoms with E-state index in [1.54, 1.807) is 25.2 Å². The van der Waals surface area contributed by atoms with Gasteiger partial charge in [-0.05, 0) is 18.2 Å². The highest BCUT2D eigenvalue weighted by atomic mass is 35.5. The molecule has 0 spiro atoms. The number of carbonyl (C=O) groups is 3. The Morgan fingerprint density at radius 1 is 1.38 bits per heavy atom. The van der Waals surface area contributed by atoms with Gasteiger partial charge in [0.15, 0.2) is 0 Å². The molecule has 26 heavy (non-hydrogen) atoms. The van der Waals surface area contributed by atoms with Crippen LogP contribution in [0.25, 0.3) is 0 Å². The minimum Gasteiger partial charge on any atom is -0.495 e. The van der Waals surface area contributed by atoms with Crippen LogP contribution in [0.1, 0.15) is 12.8 Å². The van der Waals surface area contributed by atoms with Crippen LogP contribution in [0.3, 0.4) is 0 Å². The van der Waals surface area contributed by atoms with Crippen molar-refractivity contribution in [1.29, 1.82) is 0 Å². The predicted octanol–water partition coefficient (Wildman–Crippen LogP) is 0.918. The van der Waals surface area contributed by atoms with Crippen molar-refractivity contribution in [3.8, 4) is 5.75 Å². The molecule has 1 fully saturated rings. The number of carbonyl (C=O) groups excluding carboxylic acids is 3. The van der Waals surface area contributed by atoms with Crippen LogP contribution in [0.4, 0.5) is 5.69 Å². The minimum atomic E-state index is -0.446. The molecule has 0 aromatic heterocycles. The van der Waals surface area contributed by atoms with Crippen LogP contribution in [0, 0.1) is 0 Å². The van der Waals surface area contributed by atoms with E-state index in [1.807, 2.05) is 0 Å². The third-order valence-electron chi connectivity index (χ3n) is 3.64. The molecule has 0 saturated carbocycles. The van der Waals surface area contributed by atoms with Crippen molar-refractivity contribution in [2.45, 2.75) is 24.4 Å². The zero-order chi connectivity index (χ0) is 19.1. The summed E-state index contributed by atoms with van der Waals surface area (Å²) in [7, 11) is 3.05. The van der Waals surface area contributed by atoms with Gasteiger partial charge in [-0.3, -0.25) is 19.7 Å². The van der Waals surface area contributed by atoms with E-state index in [-0.39, 0.29) is 42.4 Å². The van der Waals surface area contributed by atoms with Crippen LogP contribution in [0.15, 0.2) is 18.2 Å². The number of methoxy groups -OCH3 is 1. The van der Waals surface area contributed by atoms with E-state index in [0.29, 0.717) is 16.5 Å². The number of nitrogens with one attached hydrogen (secondary N) is 4. The highest BCUT2D eigenvalue weighted by Crippen LogP contribution is 2.27. The summed E-state index contributed by atoms with van der Waals surface area (Å²) >= 11 is 7.16. The average molecular weight is 401 g/mol. The Morgan fingerprint density at radius 2 is 2.15 bits per heavy atom. The molecule has 1 aliphatic heterocycles. The molecule has 1 aromatic rings. The van der Waals surface area contributed by atoms with E-state index in [0.717, 1.165) is 0 Å². The standard InChI is InChI=1S/C16H21ClN4O4S/c1-18-13(22)6-10-7-14(23)21-16(19-10)26-8-15(24)20-11-5-9(17)3-4-12(11)25-2/h3-5,10,16,19H,6-8H2,1-2H3,(H,18,22)(H,20,24)(H,21,23). The Hall–Kier alpha value is -1.97. The van der Waals surface area contributed by atoms with Gasteiger partial charge >= 0.3 is 0 Å².